The molecule has 0 amide bonds. The molecule has 19 heavy (non-hydrogen) atoms. The summed E-state index contributed by atoms with van der Waals surface area (Å²) < 4.78 is 0. The maximum atomic E-state index is 4.53. The summed E-state index contributed by atoms with van der Waals surface area (Å²) in [6.45, 7) is 2.34. The normalized spacial score (nSPS) is 23.2. The molecule has 1 heterocycles. The molecule has 1 saturated carbocycles. The molecule has 2 rings (SSSR count). The minimum atomic E-state index is 0.644. The van der Waals surface area contributed by atoms with Crippen molar-refractivity contribution in [2.75, 3.05) is 31.4 Å². The first kappa shape index (κ1) is 14.4. The van der Waals surface area contributed by atoms with Gasteiger partial charge in [-0.05, 0) is 18.8 Å². The lowest BCUT2D eigenvalue weighted by Gasteiger charge is -2.25. The first-order chi connectivity index (χ1) is 9.08. The fraction of sp³-hybridized carbons (Fsp3) is 0.769. The minimum Gasteiger partial charge on any atom is -0.357 e. The summed E-state index contributed by atoms with van der Waals surface area (Å²) in [6, 6.07) is 0. The van der Waals surface area contributed by atoms with Crippen molar-refractivity contribution < 1.29 is 0 Å². The molecule has 1 N–H and O–H groups in total. The van der Waals surface area contributed by atoms with Gasteiger partial charge in [0.05, 0.1) is 0 Å². The van der Waals surface area contributed by atoms with Gasteiger partial charge in [0.1, 0.15) is 0 Å². The number of nitrogens with one attached hydrogen (secondary N) is 1. The lowest BCUT2D eigenvalue weighted by molar-refractivity contribution is 0.394. The maximum absolute atomic E-state index is 4.53. The molecule has 1 aromatic rings. The Morgan fingerprint density at radius 3 is 2.63 bits per heavy atom. The second-order valence-corrected chi connectivity index (χ2v) is 6.67. The van der Waals surface area contributed by atoms with E-state index in [1.165, 1.54) is 25.7 Å². The van der Waals surface area contributed by atoms with E-state index in [9.17, 15) is 0 Å². The minimum absolute atomic E-state index is 0.644. The van der Waals surface area contributed by atoms with Crippen molar-refractivity contribution in [1.82, 2.24) is 15.0 Å². The van der Waals surface area contributed by atoms with E-state index in [0.29, 0.717) is 17.1 Å². The van der Waals surface area contributed by atoms with Crippen LogP contribution in [0.15, 0.2) is 5.16 Å². The summed E-state index contributed by atoms with van der Waals surface area (Å²) in [5.41, 5.74) is 0. The Morgan fingerprint density at radius 2 is 2.00 bits per heavy atom. The molecule has 0 aromatic carbocycles. The molecule has 2 atom stereocenters. The van der Waals surface area contributed by atoms with Gasteiger partial charge in [-0.25, -0.2) is 0 Å². The zero-order valence-corrected chi connectivity index (χ0v) is 13.0. The maximum Gasteiger partial charge on any atom is 0.230 e. The van der Waals surface area contributed by atoms with E-state index in [2.05, 4.69) is 27.2 Å². The Labute approximate surface area is 119 Å². The predicted octanol–water partition coefficient (Wildman–Crippen LogP) is 2.65. The number of thioether (sulfide) groups is 1. The van der Waals surface area contributed by atoms with Gasteiger partial charge in [0.2, 0.25) is 11.9 Å². The van der Waals surface area contributed by atoms with Crippen LogP contribution in [-0.2, 0) is 0 Å². The molecule has 0 saturated heterocycles. The van der Waals surface area contributed by atoms with Gasteiger partial charge in [-0.2, -0.15) is 15.0 Å². The van der Waals surface area contributed by atoms with Crippen LogP contribution in [0.3, 0.4) is 0 Å². The van der Waals surface area contributed by atoms with E-state index in [0.717, 1.165) is 11.1 Å². The van der Waals surface area contributed by atoms with Gasteiger partial charge in [-0.15, -0.1) is 0 Å². The van der Waals surface area contributed by atoms with Crippen molar-refractivity contribution in [3.05, 3.63) is 0 Å². The second kappa shape index (κ2) is 6.41. The van der Waals surface area contributed by atoms with Crippen LogP contribution in [0.25, 0.3) is 0 Å². The van der Waals surface area contributed by atoms with Crippen LogP contribution in [0.2, 0.25) is 0 Å². The van der Waals surface area contributed by atoms with Crippen molar-refractivity contribution >= 4 is 23.7 Å². The van der Waals surface area contributed by atoms with Crippen LogP contribution in [0.4, 0.5) is 11.9 Å². The van der Waals surface area contributed by atoms with Gasteiger partial charge in [0.25, 0.3) is 0 Å². The number of hydrogen-bond donors (Lipinski definition) is 1. The molecule has 6 heteroatoms. The molecule has 2 unspecified atom stereocenters. The molecular weight excluding hydrogens is 258 g/mol. The summed E-state index contributed by atoms with van der Waals surface area (Å²) in [5.74, 6) is 2.18. The third-order valence-corrected chi connectivity index (χ3v) is 4.54. The van der Waals surface area contributed by atoms with E-state index in [-0.39, 0.29) is 0 Å². The first-order valence-electron chi connectivity index (χ1n) is 6.86. The standard InChI is InChI=1S/C13H23N5S/c1-9-6-5-7-10(8-9)19-13-16-11(14-2)15-12(17-13)18(3)4/h9-10H,5-8H2,1-4H3,(H,14,15,16,17). The molecule has 0 aliphatic heterocycles. The Balaban J connectivity index is 2.12. The summed E-state index contributed by atoms with van der Waals surface area (Å²) in [7, 11) is 5.74. The Hall–Kier alpha value is -1.04. The van der Waals surface area contributed by atoms with Crippen LogP contribution in [-0.4, -0.2) is 41.3 Å². The van der Waals surface area contributed by atoms with Gasteiger partial charge in [-0.1, -0.05) is 31.5 Å². The quantitative estimate of drug-likeness (QED) is 0.915. The molecule has 0 radical (unpaired) electrons. The molecule has 1 aromatic heterocycles. The average molecular weight is 281 g/mol. The van der Waals surface area contributed by atoms with E-state index in [4.69, 9.17) is 0 Å². The molecule has 1 fully saturated rings. The fourth-order valence-corrected chi connectivity index (χ4v) is 3.63. The van der Waals surface area contributed by atoms with Crippen molar-refractivity contribution in [3.63, 3.8) is 0 Å². The van der Waals surface area contributed by atoms with Crippen molar-refractivity contribution in [1.29, 1.82) is 0 Å². The highest BCUT2D eigenvalue weighted by molar-refractivity contribution is 7.99. The highest BCUT2D eigenvalue weighted by atomic mass is 32.2. The van der Waals surface area contributed by atoms with Crippen LogP contribution in [0, 0.1) is 5.92 Å². The molecule has 0 spiro atoms. The predicted molar refractivity (Wildman–Crippen MR) is 81.0 cm³/mol. The molecule has 1 aliphatic rings. The number of anilines is 2. The lowest BCUT2D eigenvalue weighted by atomic mass is 9.91. The third-order valence-electron chi connectivity index (χ3n) is 3.39. The Kier molecular flexibility index (Phi) is 4.85. The number of hydrogen-bond acceptors (Lipinski definition) is 6. The summed E-state index contributed by atoms with van der Waals surface area (Å²) in [4.78, 5) is 15.2. The van der Waals surface area contributed by atoms with Crippen LogP contribution < -0.4 is 10.2 Å². The van der Waals surface area contributed by atoms with E-state index >= 15 is 0 Å². The van der Waals surface area contributed by atoms with Gasteiger partial charge in [-0.3, -0.25) is 0 Å². The van der Waals surface area contributed by atoms with Gasteiger partial charge in [0.15, 0.2) is 5.16 Å². The molecule has 1 aliphatic carbocycles. The van der Waals surface area contributed by atoms with Gasteiger partial charge in [0, 0.05) is 26.4 Å². The largest absolute Gasteiger partial charge is 0.357 e. The zero-order valence-electron chi connectivity index (χ0n) is 12.2. The van der Waals surface area contributed by atoms with Gasteiger partial charge < -0.3 is 10.2 Å². The summed E-state index contributed by atoms with van der Waals surface area (Å²) in [6.07, 6.45) is 5.22. The highest BCUT2D eigenvalue weighted by Gasteiger charge is 2.21. The van der Waals surface area contributed by atoms with Gasteiger partial charge >= 0.3 is 0 Å². The number of rotatable bonds is 4. The molecule has 106 valence electrons. The van der Waals surface area contributed by atoms with Crippen LogP contribution >= 0.6 is 11.8 Å². The number of nitrogens with zero attached hydrogens (tertiary/aromatic N) is 4. The molecule has 0 bridgehead atoms. The molecular formula is C13H23N5S. The van der Waals surface area contributed by atoms with Crippen LogP contribution in [0.5, 0.6) is 0 Å². The van der Waals surface area contributed by atoms with E-state index < -0.39 is 0 Å². The Morgan fingerprint density at radius 1 is 1.21 bits per heavy atom. The van der Waals surface area contributed by atoms with Crippen molar-refractivity contribution in [3.8, 4) is 0 Å². The summed E-state index contributed by atoms with van der Waals surface area (Å²) in [5, 5.41) is 4.49. The highest BCUT2D eigenvalue weighted by Crippen LogP contribution is 2.35. The zero-order chi connectivity index (χ0) is 13.8. The second-order valence-electron chi connectivity index (χ2n) is 5.40. The SMILES string of the molecule is CNc1nc(SC2CCCC(C)C2)nc(N(C)C)n1. The third kappa shape index (κ3) is 3.96. The van der Waals surface area contributed by atoms with E-state index in [1.807, 2.05) is 26.0 Å². The van der Waals surface area contributed by atoms with Crippen molar-refractivity contribution in [2.45, 2.75) is 43.0 Å². The van der Waals surface area contributed by atoms with Crippen molar-refractivity contribution in [2.24, 2.45) is 5.92 Å². The summed E-state index contributed by atoms with van der Waals surface area (Å²) >= 11 is 1.80. The molecule has 5 nitrogen and oxygen atoms in total. The average Bonchev–Trinajstić information content (AvgIpc) is 2.38. The lowest BCUT2D eigenvalue weighted by Crippen LogP contribution is -2.17. The smallest absolute Gasteiger partial charge is 0.230 e. The Bertz CT molecular complexity index is 423. The first-order valence-corrected chi connectivity index (χ1v) is 7.74. The van der Waals surface area contributed by atoms with E-state index in [1.54, 1.807) is 11.8 Å². The number of aromatic nitrogens is 3. The van der Waals surface area contributed by atoms with Crippen LogP contribution in [0.1, 0.15) is 32.6 Å². The monoisotopic (exact) mass is 281 g/mol. The topological polar surface area (TPSA) is 53.9 Å². The fourth-order valence-electron chi connectivity index (χ4n) is 2.34.